The largest absolute Gasteiger partial charge is 0.379 e. The minimum Gasteiger partial charge on any atom is -0.379 e. The third-order valence-electron chi connectivity index (χ3n) is 4.87. The molecule has 1 aliphatic heterocycles. The quantitative estimate of drug-likeness (QED) is 0.667. The highest BCUT2D eigenvalue weighted by Gasteiger charge is 2.21. The molecule has 1 saturated heterocycles. The van der Waals surface area contributed by atoms with Gasteiger partial charge in [-0.2, -0.15) is 0 Å². The zero-order chi connectivity index (χ0) is 16.7. The van der Waals surface area contributed by atoms with E-state index in [-0.39, 0.29) is 22.4 Å². The molecular weight excluding hydrogens is 380 g/mol. The van der Waals surface area contributed by atoms with Crippen LogP contribution in [0.25, 0.3) is 16.8 Å². The smallest absolute Gasteiger partial charge is 0.215 e. The lowest BCUT2D eigenvalue weighted by Crippen LogP contribution is -2.38. The van der Waals surface area contributed by atoms with Gasteiger partial charge in [0, 0.05) is 37.8 Å². The molecule has 0 saturated carbocycles. The van der Waals surface area contributed by atoms with Crippen molar-refractivity contribution in [3.63, 3.8) is 0 Å². The Morgan fingerprint density at radius 3 is 2.40 bits per heavy atom. The lowest BCUT2D eigenvalue weighted by molar-refractivity contribution is 0.0366. The van der Waals surface area contributed by atoms with E-state index in [0.717, 1.165) is 50.9 Å². The van der Waals surface area contributed by atoms with E-state index < -0.39 is 0 Å². The number of para-hydroxylation sites is 2. The van der Waals surface area contributed by atoms with Crippen molar-refractivity contribution in [3.8, 4) is 0 Å². The van der Waals surface area contributed by atoms with Crippen molar-refractivity contribution >= 4 is 33.8 Å². The van der Waals surface area contributed by atoms with Crippen molar-refractivity contribution < 1.29 is 4.74 Å². The maximum absolute atomic E-state index is 5.45. The Labute approximate surface area is 159 Å². The molecule has 136 valence electrons. The molecular formula is C19H27BrN4O. The molecule has 1 aromatic carbocycles. The van der Waals surface area contributed by atoms with Crippen LogP contribution in [0.1, 0.15) is 26.5 Å². The van der Waals surface area contributed by atoms with Gasteiger partial charge in [-0.05, 0) is 12.1 Å². The number of imidazole rings is 2. The van der Waals surface area contributed by atoms with Crippen LogP contribution in [0.15, 0.2) is 30.5 Å². The molecule has 6 heteroatoms. The van der Waals surface area contributed by atoms with Gasteiger partial charge in [0.1, 0.15) is 0 Å². The molecule has 0 N–H and O–H groups in total. The third kappa shape index (κ3) is 3.48. The van der Waals surface area contributed by atoms with Gasteiger partial charge < -0.3 is 9.30 Å². The molecule has 0 amide bonds. The lowest BCUT2D eigenvalue weighted by atomic mass is 9.93. The van der Waals surface area contributed by atoms with E-state index in [2.05, 4.69) is 65.1 Å². The fourth-order valence-electron chi connectivity index (χ4n) is 3.39. The maximum Gasteiger partial charge on any atom is 0.215 e. The number of hydrogen-bond donors (Lipinski definition) is 0. The van der Waals surface area contributed by atoms with E-state index in [1.807, 2.05) is 0 Å². The summed E-state index contributed by atoms with van der Waals surface area (Å²) in [6, 6.07) is 8.59. The topological polar surface area (TPSA) is 34.7 Å². The normalized spacial score (nSPS) is 16.4. The summed E-state index contributed by atoms with van der Waals surface area (Å²) in [4.78, 5) is 7.44. The highest BCUT2D eigenvalue weighted by Crippen LogP contribution is 2.26. The van der Waals surface area contributed by atoms with Gasteiger partial charge in [-0.3, -0.25) is 9.30 Å². The molecule has 1 aliphatic rings. The summed E-state index contributed by atoms with van der Waals surface area (Å²) in [6.45, 7) is 12.4. The van der Waals surface area contributed by atoms with Crippen LogP contribution in [-0.2, 0) is 16.7 Å². The number of morpholine rings is 1. The summed E-state index contributed by atoms with van der Waals surface area (Å²) < 4.78 is 10.1. The van der Waals surface area contributed by atoms with E-state index in [1.54, 1.807) is 0 Å². The first-order valence-electron chi connectivity index (χ1n) is 8.81. The third-order valence-corrected chi connectivity index (χ3v) is 4.87. The summed E-state index contributed by atoms with van der Waals surface area (Å²) in [5, 5.41) is 0. The molecule has 0 aliphatic carbocycles. The number of rotatable bonds is 3. The highest BCUT2D eigenvalue weighted by atomic mass is 79.9. The van der Waals surface area contributed by atoms with E-state index in [0.29, 0.717) is 0 Å². The Kier molecular flexibility index (Phi) is 5.23. The molecule has 3 heterocycles. The Bertz CT molecular complexity index is 855. The van der Waals surface area contributed by atoms with Crippen molar-refractivity contribution in [1.29, 1.82) is 0 Å². The number of fused-ring (bicyclic) bond motifs is 3. The molecule has 25 heavy (non-hydrogen) atoms. The fourth-order valence-corrected chi connectivity index (χ4v) is 3.39. The molecule has 0 spiro atoms. The minimum absolute atomic E-state index is 0. The average molecular weight is 407 g/mol. The number of aromatic nitrogens is 3. The highest BCUT2D eigenvalue weighted by molar-refractivity contribution is 8.93. The number of halogens is 1. The van der Waals surface area contributed by atoms with Gasteiger partial charge in [-0.15, -0.1) is 17.0 Å². The van der Waals surface area contributed by atoms with Gasteiger partial charge in [0.2, 0.25) is 5.78 Å². The second kappa shape index (κ2) is 7.09. The Hall–Kier alpha value is -1.37. The van der Waals surface area contributed by atoms with Gasteiger partial charge in [0.15, 0.2) is 0 Å². The fraction of sp³-hybridized carbons (Fsp3) is 0.526. The number of hydrogen-bond acceptors (Lipinski definition) is 3. The van der Waals surface area contributed by atoms with Crippen LogP contribution in [0.3, 0.4) is 0 Å². The molecule has 0 atom stereocenters. The average Bonchev–Trinajstić information content (AvgIpc) is 3.12. The van der Waals surface area contributed by atoms with Gasteiger partial charge in [-0.1, -0.05) is 32.9 Å². The van der Waals surface area contributed by atoms with Crippen molar-refractivity contribution in [2.24, 2.45) is 0 Å². The van der Waals surface area contributed by atoms with E-state index in [9.17, 15) is 0 Å². The summed E-state index contributed by atoms with van der Waals surface area (Å²) >= 11 is 0. The monoisotopic (exact) mass is 406 g/mol. The molecule has 5 nitrogen and oxygen atoms in total. The predicted molar refractivity (Wildman–Crippen MR) is 107 cm³/mol. The molecule has 1 fully saturated rings. The molecule has 0 radical (unpaired) electrons. The lowest BCUT2D eigenvalue weighted by Gasteiger charge is -2.26. The van der Waals surface area contributed by atoms with Crippen LogP contribution in [0.4, 0.5) is 0 Å². The van der Waals surface area contributed by atoms with Crippen LogP contribution in [-0.4, -0.2) is 51.7 Å². The molecule has 0 unspecified atom stereocenters. The summed E-state index contributed by atoms with van der Waals surface area (Å²) in [5.41, 5.74) is 3.69. The predicted octanol–water partition coefficient (Wildman–Crippen LogP) is 3.50. The van der Waals surface area contributed by atoms with Gasteiger partial charge in [0.05, 0.1) is 29.9 Å². The summed E-state index contributed by atoms with van der Waals surface area (Å²) in [7, 11) is 0. The molecule has 2 aromatic heterocycles. The van der Waals surface area contributed by atoms with Crippen LogP contribution < -0.4 is 0 Å². The van der Waals surface area contributed by atoms with E-state index in [4.69, 9.17) is 9.72 Å². The van der Waals surface area contributed by atoms with E-state index >= 15 is 0 Å². The van der Waals surface area contributed by atoms with Gasteiger partial charge in [0.25, 0.3) is 0 Å². The Morgan fingerprint density at radius 1 is 1.04 bits per heavy atom. The first kappa shape index (κ1) is 18.4. The number of benzene rings is 1. The molecule has 3 aromatic rings. The van der Waals surface area contributed by atoms with Gasteiger partial charge in [-0.25, -0.2) is 4.98 Å². The zero-order valence-corrected chi connectivity index (χ0v) is 16.9. The summed E-state index contributed by atoms with van der Waals surface area (Å²) in [5.74, 6) is 1.05. The van der Waals surface area contributed by atoms with Crippen molar-refractivity contribution in [2.75, 3.05) is 32.8 Å². The zero-order valence-electron chi connectivity index (χ0n) is 15.2. The van der Waals surface area contributed by atoms with Crippen LogP contribution in [0, 0.1) is 0 Å². The SMILES string of the molecule is Br.CC(C)(C)c1cn2c3ccccc3n(CCN3CCOCC3)c2n1. The van der Waals surface area contributed by atoms with Crippen molar-refractivity contribution in [3.05, 3.63) is 36.2 Å². The van der Waals surface area contributed by atoms with E-state index in [1.165, 1.54) is 11.0 Å². The molecule has 0 bridgehead atoms. The summed E-state index contributed by atoms with van der Waals surface area (Å²) in [6.07, 6.45) is 2.20. The second-order valence-corrected chi connectivity index (χ2v) is 7.64. The van der Waals surface area contributed by atoms with Crippen LogP contribution in [0.2, 0.25) is 0 Å². The van der Waals surface area contributed by atoms with Crippen LogP contribution >= 0.6 is 17.0 Å². The van der Waals surface area contributed by atoms with Crippen LogP contribution in [0.5, 0.6) is 0 Å². The van der Waals surface area contributed by atoms with Crippen molar-refractivity contribution in [1.82, 2.24) is 18.9 Å². The molecule has 4 rings (SSSR count). The standard InChI is InChI=1S/C19H26N4O.BrH/c1-19(2,3)17-14-23-16-7-5-4-6-15(16)22(18(23)20-17)9-8-21-10-12-24-13-11-21;/h4-7,14H,8-13H2,1-3H3;1H. The number of nitrogens with zero attached hydrogens (tertiary/aromatic N) is 4. The Balaban J connectivity index is 0.00000182. The first-order chi connectivity index (χ1) is 11.5. The minimum atomic E-state index is 0. The van der Waals surface area contributed by atoms with Gasteiger partial charge >= 0.3 is 0 Å². The first-order valence-corrected chi connectivity index (χ1v) is 8.81. The second-order valence-electron chi connectivity index (χ2n) is 7.64. The number of ether oxygens (including phenoxy) is 1. The Morgan fingerprint density at radius 2 is 1.72 bits per heavy atom. The van der Waals surface area contributed by atoms with Crippen molar-refractivity contribution in [2.45, 2.75) is 32.7 Å². The maximum atomic E-state index is 5.45.